The van der Waals surface area contributed by atoms with Crippen LogP contribution in [0.3, 0.4) is 0 Å². The molecule has 0 aliphatic carbocycles. The number of carboxylic acids is 1. The fourth-order valence-corrected chi connectivity index (χ4v) is 7.46. The monoisotopic (exact) mass is 504 g/mol. The number of hydrogen-bond donors (Lipinski definition) is 1. The largest absolute Gasteiger partial charge is 0.543 e. The summed E-state index contributed by atoms with van der Waals surface area (Å²) in [6.45, 7) is 4.02. The number of amides is 1. The van der Waals surface area contributed by atoms with Gasteiger partial charge >= 0.3 is 0 Å². The molecule has 3 aromatic rings. The highest BCUT2D eigenvalue weighted by Crippen LogP contribution is 2.52. The van der Waals surface area contributed by atoms with Gasteiger partial charge in [0, 0.05) is 21.4 Å². The van der Waals surface area contributed by atoms with Crippen LogP contribution in [0.25, 0.3) is 10.2 Å². The van der Waals surface area contributed by atoms with Crippen LogP contribution in [0.5, 0.6) is 0 Å². The Morgan fingerprint density at radius 3 is 2.85 bits per heavy atom. The zero-order valence-corrected chi connectivity index (χ0v) is 20.4. The first kappa shape index (κ1) is 22.4. The number of aliphatic hydroxyl groups is 1. The third kappa shape index (κ3) is 3.65. The molecule has 1 amide bonds. The summed E-state index contributed by atoms with van der Waals surface area (Å²) in [5.41, 5.74) is 1.65. The van der Waals surface area contributed by atoms with Gasteiger partial charge in [0.05, 0.1) is 47.0 Å². The van der Waals surface area contributed by atoms with Crippen molar-refractivity contribution in [3.63, 3.8) is 0 Å². The number of aliphatic hydroxyl groups excluding tert-OH is 1. The lowest BCUT2D eigenvalue weighted by molar-refractivity contribution is -0.671. The number of thioether (sulfide) groups is 1. The molecule has 0 saturated carbocycles. The lowest BCUT2D eigenvalue weighted by Gasteiger charge is -2.47. The number of hydrogen-bond acceptors (Lipinski definition) is 7. The molecule has 1 N–H and O–H groups in total. The van der Waals surface area contributed by atoms with Gasteiger partial charge < -0.3 is 19.9 Å². The Labute approximate surface area is 203 Å². The lowest BCUT2D eigenvalue weighted by atomic mass is 9.79. The number of halogens is 1. The summed E-state index contributed by atoms with van der Waals surface area (Å²) in [5, 5.41) is 22.6. The molecule has 0 spiro atoms. The normalized spacial score (nSPS) is 23.2. The van der Waals surface area contributed by atoms with Gasteiger partial charge in [-0.2, -0.15) is 0 Å². The van der Waals surface area contributed by atoms with Crippen molar-refractivity contribution in [2.45, 2.75) is 36.9 Å². The van der Waals surface area contributed by atoms with Crippen LogP contribution in [0.2, 0.25) is 5.02 Å². The molecule has 0 radical (unpaired) electrons. The molecule has 8 nitrogen and oxygen atoms in total. The van der Waals surface area contributed by atoms with Crippen LogP contribution in [-0.2, 0) is 23.2 Å². The van der Waals surface area contributed by atoms with E-state index in [2.05, 4.69) is 0 Å². The molecule has 1 saturated heterocycles. The number of β-lactam (4-membered cyclic amide) rings is 1. The van der Waals surface area contributed by atoms with Crippen LogP contribution in [0.4, 0.5) is 0 Å². The van der Waals surface area contributed by atoms with Gasteiger partial charge in [0.25, 0.3) is 0 Å². The molecule has 2 aromatic heterocycles. The molecule has 2 aliphatic heterocycles. The molecule has 1 aromatic carbocycles. The molecule has 4 atom stereocenters. The molecular formula is C22H21ClN4O4S2. The Morgan fingerprint density at radius 2 is 2.21 bits per heavy atom. The molecule has 5 rings (SSSR count). The molecule has 4 heterocycles. The smallest absolute Gasteiger partial charge is 0.243 e. The summed E-state index contributed by atoms with van der Waals surface area (Å²) in [5.74, 6) is -2.64. The minimum atomic E-state index is -1.39. The second-order valence-corrected chi connectivity index (χ2v) is 11.3. The standard InChI is InChI=1S/C22H21ClN4O4S2/c1-10-17-15(11(2)28)20(29)27(17)18(21(30)31)19(10)33-22-24-16-12(6-13(23)7-14(16)32-22)8-26-5-4-25(3)9-26/h4-7,9-11,15,17,28H,8H2,1-3H3/t10-,11-,15-,17-/m1/s1. The maximum atomic E-state index is 12.5. The Hall–Kier alpha value is -2.40. The summed E-state index contributed by atoms with van der Waals surface area (Å²) in [7, 11) is 1.95. The van der Waals surface area contributed by atoms with Crippen LogP contribution in [0, 0.1) is 11.8 Å². The maximum Gasteiger partial charge on any atom is 0.243 e. The molecule has 0 unspecified atom stereocenters. The van der Waals surface area contributed by atoms with Crippen molar-refractivity contribution in [3.05, 3.63) is 52.0 Å². The fourth-order valence-electron chi connectivity index (χ4n) is 4.74. The third-order valence-corrected chi connectivity index (χ3v) is 8.76. The van der Waals surface area contributed by atoms with Gasteiger partial charge in [-0.25, -0.2) is 14.1 Å². The minimum Gasteiger partial charge on any atom is -0.543 e. The van der Waals surface area contributed by atoms with Crippen LogP contribution < -0.4 is 9.67 Å². The number of aliphatic carboxylic acids is 1. The number of carboxylic acid groups (broad SMARTS) is 1. The third-order valence-electron chi connectivity index (χ3n) is 6.19. The van der Waals surface area contributed by atoms with Crippen molar-refractivity contribution in [1.82, 2.24) is 14.5 Å². The molecule has 172 valence electrons. The number of benzene rings is 1. The molecule has 11 heteroatoms. The number of aromatic nitrogens is 3. The number of carbonyl (C=O) groups excluding carboxylic acids is 2. The number of rotatable bonds is 6. The van der Waals surface area contributed by atoms with E-state index in [0.717, 1.165) is 15.8 Å². The first-order valence-electron chi connectivity index (χ1n) is 10.4. The predicted octanol–water partition coefficient (Wildman–Crippen LogP) is 1.54. The molecule has 0 bridgehead atoms. The van der Waals surface area contributed by atoms with E-state index < -0.39 is 18.0 Å². The Morgan fingerprint density at radius 1 is 1.45 bits per heavy atom. The average molecular weight is 505 g/mol. The van der Waals surface area contributed by atoms with E-state index in [4.69, 9.17) is 16.6 Å². The molecule has 33 heavy (non-hydrogen) atoms. The Kier molecular flexibility index (Phi) is 5.51. The second kappa shape index (κ2) is 8.12. The first-order valence-corrected chi connectivity index (χ1v) is 12.4. The van der Waals surface area contributed by atoms with Crippen LogP contribution in [-0.4, -0.2) is 43.6 Å². The predicted molar refractivity (Wildman–Crippen MR) is 122 cm³/mol. The zero-order chi connectivity index (χ0) is 23.6. The van der Waals surface area contributed by atoms with E-state index >= 15 is 0 Å². The van der Waals surface area contributed by atoms with Gasteiger partial charge in [0.2, 0.25) is 12.2 Å². The van der Waals surface area contributed by atoms with E-state index in [1.54, 1.807) is 6.92 Å². The van der Waals surface area contributed by atoms with Crippen molar-refractivity contribution in [3.8, 4) is 0 Å². The number of imidazole rings is 1. The van der Waals surface area contributed by atoms with Crippen LogP contribution in [0.15, 0.2) is 45.8 Å². The molecular weight excluding hydrogens is 484 g/mol. The number of thiazole rings is 1. The van der Waals surface area contributed by atoms with Crippen LogP contribution in [0.1, 0.15) is 19.4 Å². The van der Waals surface area contributed by atoms with Gasteiger partial charge in [-0.1, -0.05) is 30.3 Å². The van der Waals surface area contributed by atoms with E-state index in [-0.39, 0.29) is 23.6 Å². The lowest BCUT2D eigenvalue weighted by Crippen LogP contribution is -2.64. The SMILES string of the molecule is C[C@@H](O)[C@H]1C(=O)N2C(C(=O)[O-])=C(Sc3nc4c(Cn5cc[n+](C)c5)cc(Cl)cc4s3)[C@H](C)[C@H]12. The van der Waals surface area contributed by atoms with Crippen LogP contribution >= 0.6 is 34.7 Å². The van der Waals surface area contributed by atoms with Gasteiger partial charge in [-0.15, -0.1) is 11.3 Å². The summed E-state index contributed by atoms with van der Waals surface area (Å²) in [6.07, 6.45) is 5.03. The molecule has 1 fully saturated rings. The Balaban J connectivity index is 1.51. The zero-order valence-electron chi connectivity index (χ0n) is 18.1. The first-order chi connectivity index (χ1) is 15.7. The van der Waals surface area contributed by atoms with Gasteiger partial charge in [0.1, 0.15) is 18.9 Å². The minimum absolute atomic E-state index is 0.114. The number of aryl methyl sites for hydroxylation is 1. The maximum absolute atomic E-state index is 12.5. The van der Waals surface area contributed by atoms with E-state index in [1.807, 2.05) is 54.0 Å². The number of nitrogens with zero attached hydrogens (tertiary/aromatic N) is 4. The average Bonchev–Trinajstić information content (AvgIpc) is 3.38. The van der Waals surface area contributed by atoms with Crippen molar-refractivity contribution in [2.24, 2.45) is 18.9 Å². The Bertz CT molecular complexity index is 1330. The van der Waals surface area contributed by atoms with E-state index in [1.165, 1.54) is 28.0 Å². The number of carbonyl (C=O) groups is 2. The highest BCUT2D eigenvalue weighted by atomic mass is 35.5. The summed E-state index contributed by atoms with van der Waals surface area (Å²) < 4.78 is 5.54. The van der Waals surface area contributed by atoms with Crippen molar-refractivity contribution in [1.29, 1.82) is 0 Å². The van der Waals surface area contributed by atoms with Crippen molar-refractivity contribution >= 4 is 56.8 Å². The van der Waals surface area contributed by atoms with Gasteiger partial charge in [0.15, 0.2) is 4.34 Å². The van der Waals surface area contributed by atoms with E-state index in [0.29, 0.717) is 20.8 Å². The van der Waals surface area contributed by atoms with Gasteiger partial charge in [-0.05, 0) is 19.1 Å². The van der Waals surface area contributed by atoms with Crippen molar-refractivity contribution in [2.75, 3.05) is 0 Å². The van der Waals surface area contributed by atoms with Crippen molar-refractivity contribution < 1.29 is 24.4 Å². The highest BCUT2D eigenvalue weighted by Gasteiger charge is 2.58. The quantitative estimate of drug-likeness (QED) is 0.403. The topological polar surface area (TPSA) is 102 Å². The van der Waals surface area contributed by atoms with Gasteiger partial charge in [-0.3, -0.25) is 4.79 Å². The highest BCUT2D eigenvalue weighted by molar-refractivity contribution is 8.04. The second-order valence-electron chi connectivity index (χ2n) is 8.50. The van der Waals surface area contributed by atoms with E-state index in [9.17, 15) is 19.8 Å². The fraction of sp³-hybridized carbons (Fsp3) is 0.364. The summed E-state index contributed by atoms with van der Waals surface area (Å²) in [6, 6.07) is 3.35. The molecule has 2 aliphatic rings. The number of fused-ring (bicyclic) bond motifs is 2. The summed E-state index contributed by atoms with van der Waals surface area (Å²) in [4.78, 5) is 31.1. The summed E-state index contributed by atoms with van der Waals surface area (Å²) >= 11 is 9.04.